The van der Waals surface area contributed by atoms with E-state index in [1.54, 1.807) is 17.1 Å². The summed E-state index contributed by atoms with van der Waals surface area (Å²) in [6.45, 7) is 0. The molecular formula is C22H29N5O2. The molecular weight excluding hydrogens is 366 g/mol. The third-order valence-corrected chi connectivity index (χ3v) is 6.07. The topological polar surface area (TPSA) is 88.9 Å². The fourth-order valence-electron chi connectivity index (χ4n) is 4.12. The average Bonchev–Trinajstić information content (AvgIpc) is 3.49. The van der Waals surface area contributed by atoms with E-state index in [9.17, 15) is 9.59 Å². The number of hydrogen-bond donors (Lipinski definition) is 2. The number of aromatic nitrogens is 3. The van der Waals surface area contributed by atoms with Crippen LogP contribution in [0.4, 0.5) is 5.82 Å². The molecule has 2 aromatic rings. The summed E-state index contributed by atoms with van der Waals surface area (Å²) in [6.07, 6.45) is 14.4. The second-order valence-electron chi connectivity index (χ2n) is 8.51. The van der Waals surface area contributed by atoms with Gasteiger partial charge in [0.2, 0.25) is 5.91 Å². The lowest BCUT2D eigenvalue weighted by Crippen LogP contribution is -2.50. The fourth-order valence-corrected chi connectivity index (χ4v) is 4.12. The summed E-state index contributed by atoms with van der Waals surface area (Å²) in [4.78, 5) is 29.0. The van der Waals surface area contributed by atoms with Crippen LogP contribution in [0.2, 0.25) is 0 Å². The maximum Gasteiger partial charge on any atom is 0.254 e. The Bertz CT molecular complexity index is 864. The van der Waals surface area contributed by atoms with E-state index in [1.807, 2.05) is 25.4 Å². The number of amides is 2. The van der Waals surface area contributed by atoms with Gasteiger partial charge in [-0.25, -0.2) is 4.98 Å². The summed E-state index contributed by atoms with van der Waals surface area (Å²) >= 11 is 0. The monoisotopic (exact) mass is 395 g/mol. The van der Waals surface area contributed by atoms with Crippen LogP contribution in [0, 0.1) is 5.92 Å². The number of aryl methyl sites for hydroxylation is 2. The molecule has 0 radical (unpaired) electrons. The molecule has 4 rings (SSSR count). The summed E-state index contributed by atoms with van der Waals surface area (Å²) < 4.78 is 1.65. The summed E-state index contributed by atoms with van der Waals surface area (Å²) in [5.74, 6) is 0.815. The molecule has 2 aliphatic rings. The minimum Gasteiger partial charge on any atom is -0.346 e. The van der Waals surface area contributed by atoms with Crippen molar-refractivity contribution in [1.82, 2.24) is 20.1 Å². The Morgan fingerprint density at radius 2 is 1.97 bits per heavy atom. The van der Waals surface area contributed by atoms with E-state index >= 15 is 0 Å². The minimum absolute atomic E-state index is 0.0451. The van der Waals surface area contributed by atoms with Crippen molar-refractivity contribution in [2.75, 3.05) is 5.32 Å². The van der Waals surface area contributed by atoms with Gasteiger partial charge in [0.05, 0.1) is 11.8 Å². The summed E-state index contributed by atoms with van der Waals surface area (Å²) in [7, 11) is 1.82. The lowest BCUT2D eigenvalue weighted by molar-refractivity contribution is -0.117. The Labute approximate surface area is 171 Å². The molecule has 2 aliphatic carbocycles. The third kappa shape index (κ3) is 5.02. The van der Waals surface area contributed by atoms with Crippen LogP contribution in [0.5, 0.6) is 0 Å². The van der Waals surface area contributed by atoms with E-state index in [2.05, 4.69) is 20.7 Å². The number of carbonyl (C=O) groups excluding carboxylic acids is 2. The SMILES string of the molecule is Cn1cc(C(=O)NC2(CCc3ccc(NC(=O)C4CC4)nc3)CCCCC2)cn1. The van der Waals surface area contributed by atoms with E-state index in [4.69, 9.17) is 0 Å². The van der Waals surface area contributed by atoms with Crippen LogP contribution < -0.4 is 10.6 Å². The zero-order chi connectivity index (χ0) is 20.3. The van der Waals surface area contributed by atoms with Crippen molar-refractivity contribution in [3.8, 4) is 0 Å². The first-order valence-corrected chi connectivity index (χ1v) is 10.6. The van der Waals surface area contributed by atoms with Crippen molar-refractivity contribution in [1.29, 1.82) is 0 Å². The predicted molar refractivity (Wildman–Crippen MR) is 110 cm³/mol. The Morgan fingerprint density at radius 1 is 1.17 bits per heavy atom. The average molecular weight is 396 g/mol. The number of nitrogens with one attached hydrogen (secondary N) is 2. The van der Waals surface area contributed by atoms with Crippen LogP contribution >= 0.6 is 0 Å². The Balaban J connectivity index is 1.37. The van der Waals surface area contributed by atoms with Gasteiger partial charge in [-0.15, -0.1) is 0 Å². The number of nitrogens with zero attached hydrogens (tertiary/aromatic N) is 3. The van der Waals surface area contributed by atoms with Crippen LogP contribution in [0.3, 0.4) is 0 Å². The summed E-state index contributed by atoms with van der Waals surface area (Å²) in [6, 6.07) is 3.90. The van der Waals surface area contributed by atoms with Gasteiger partial charge in [0.15, 0.2) is 0 Å². The van der Waals surface area contributed by atoms with Crippen molar-refractivity contribution in [3.63, 3.8) is 0 Å². The van der Waals surface area contributed by atoms with Gasteiger partial charge in [0, 0.05) is 30.9 Å². The van der Waals surface area contributed by atoms with Gasteiger partial charge in [0.1, 0.15) is 5.82 Å². The first-order valence-electron chi connectivity index (χ1n) is 10.6. The number of hydrogen-bond acceptors (Lipinski definition) is 4. The van der Waals surface area contributed by atoms with Gasteiger partial charge >= 0.3 is 0 Å². The zero-order valence-corrected chi connectivity index (χ0v) is 17.0. The molecule has 0 aliphatic heterocycles. The highest BCUT2D eigenvalue weighted by atomic mass is 16.2. The number of pyridine rings is 1. The van der Waals surface area contributed by atoms with E-state index in [0.717, 1.165) is 56.9 Å². The summed E-state index contributed by atoms with van der Waals surface area (Å²) in [5.41, 5.74) is 1.55. The van der Waals surface area contributed by atoms with Gasteiger partial charge < -0.3 is 10.6 Å². The molecule has 29 heavy (non-hydrogen) atoms. The molecule has 0 unspecified atom stereocenters. The highest BCUT2D eigenvalue weighted by Crippen LogP contribution is 2.33. The van der Waals surface area contributed by atoms with E-state index in [0.29, 0.717) is 11.4 Å². The lowest BCUT2D eigenvalue weighted by atomic mass is 9.77. The van der Waals surface area contributed by atoms with E-state index in [1.165, 1.54) is 6.42 Å². The van der Waals surface area contributed by atoms with Crippen molar-refractivity contribution in [3.05, 3.63) is 41.9 Å². The smallest absolute Gasteiger partial charge is 0.254 e. The molecule has 2 heterocycles. The Kier molecular flexibility index (Phi) is 5.65. The standard InChI is InChI=1S/C22H29N5O2/c1-27-15-18(14-24-27)21(29)26-22(10-3-2-4-11-22)12-9-16-5-8-19(23-13-16)25-20(28)17-6-7-17/h5,8,13-15,17H,2-4,6-7,9-12H2,1H3,(H,26,29)(H,23,25,28). The maximum absolute atomic E-state index is 12.7. The lowest BCUT2D eigenvalue weighted by Gasteiger charge is -2.38. The molecule has 2 aromatic heterocycles. The van der Waals surface area contributed by atoms with Crippen LogP contribution in [0.25, 0.3) is 0 Å². The minimum atomic E-state index is -0.177. The molecule has 0 atom stereocenters. The number of anilines is 1. The molecule has 0 spiro atoms. The third-order valence-electron chi connectivity index (χ3n) is 6.07. The Hall–Kier alpha value is -2.70. The first-order chi connectivity index (χ1) is 14.0. The second kappa shape index (κ2) is 8.35. The normalized spacial score (nSPS) is 18.2. The largest absolute Gasteiger partial charge is 0.346 e. The summed E-state index contributed by atoms with van der Waals surface area (Å²) in [5, 5.41) is 10.3. The van der Waals surface area contributed by atoms with Crippen molar-refractivity contribution in [2.24, 2.45) is 13.0 Å². The van der Waals surface area contributed by atoms with Crippen molar-refractivity contribution < 1.29 is 9.59 Å². The molecule has 0 bridgehead atoms. The quantitative estimate of drug-likeness (QED) is 0.753. The van der Waals surface area contributed by atoms with Crippen LogP contribution in [-0.4, -0.2) is 32.1 Å². The number of carbonyl (C=O) groups is 2. The van der Waals surface area contributed by atoms with Gasteiger partial charge in [-0.3, -0.25) is 14.3 Å². The Morgan fingerprint density at radius 3 is 2.59 bits per heavy atom. The molecule has 2 fully saturated rings. The van der Waals surface area contributed by atoms with Gasteiger partial charge in [0.25, 0.3) is 5.91 Å². The predicted octanol–water partition coefficient (Wildman–Crippen LogP) is 3.23. The maximum atomic E-state index is 12.7. The molecule has 154 valence electrons. The van der Waals surface area contributed by atoms with Gasteiger partial charge in [-0.2, -0.15) is 5.10 Å². The van der Waals surface area contributed by atoms with Gasteiger partial charge in [-0.05, 0) is 50.2 Å². The molecule has 0 aromatic carbocycles. The highest BCUT2D eigenvalue weighted by molar-refractivity contribution is 5.94. The van der Waals surface area contributed by atoms with E-state index in [-0.39, 0.29) is 23.3 Å². The zero-order valence-electron chi connectivity index (χ0n) is 17.0. The molecule has 0 saturated heterocycles. The number of rotatable bonds is 7. The van der Waals surface area contributed by atoms with Crippen LogP contribution in [-0.2, 0) is 18.3 Å². The van der Waals surface area contributed by atoms with Crippen molar-refractivity contribution >= 4 is 17.6 Å². The highest BCUT2D eigenvalue weighted by Gasteiger charge is 2.34. The molecule has 2 saturated carbocycles. The molecule has 2 amide bonds. The molecule has 7 nitrogen and oxygen atoms in total. The van der Waals surface area contributed by atoms with E-state index < -0.39 is 0 Å². The molecule has 7 heteroatoms. The second-order valence-corrected chi connectivity index (χ2v) is 8.51. The first kappa shape index (κ1) is 19.6. The van der Waals surface area contributed by atoms with Crippen LogP contribution in [0.1, 0.15) is 67.3 Å². The van der Waals surface area contributed by atoms with Crippen molar-refractivity contribution in [2.45, 2.75) is 63.3 Å². The fraction of sp³-hybridized carbons (Fsp3) is 0.545. The van der Waals surface area contributed by atoms with Gasteiger partial charge in [-0.1, -0.05) is 25.3 Å². The van der Waals surface area contributed by atoms with Crippen LogP contribution in [0.15, 0.2) is 30.7 Å². The molecule has 2 N–H and O–H groups in total.